The van der Waals surface area contributed by atoms with E-state index < -0.39 is 5.41 Å². The van der Waals surface area contributed by atoms with Gasteiger partial charge in [-0.15, -0.1) is 0 Å². The van der Waals surface area contributed by atoms with E-state index in [0.717, 1.165) is 49.9 Å². The predicted octanol–water partition coefficient (Wildman–Crippen LogP) is 2.67. The third-order valence-electron chi connectivity index (χ3n) is 6.24. The maximum Gasteiger partial charge on any atom is 0.232 e. The van der Waals surface area contributed by atoms with Crippen molar-refractivity contribution in [1.82, 2.24) is 20.8 Å². The SMILES string of the molecule is O=C(CCc1ccon1)NC1(CNC(=O)C2(c3ccccn3)CC2)CCCCC1. The summed E-state index contributed by atoms with van der Waals surface area (Å²) in [7, 11) is 0. The Kier molecular flexibility index (Phi) is 5.65. The fraction of sp³-hybridized carbons (Fsp3) is 0.545. The number of aryl methyl sites for hydroxylation is 1. The lowest BCUT2D eigenvalue weighted by Crippen LogP contribution is -2.57. The minimum absolute atomic E-state index is 0.00462. The molecule has 2 aliphatic rings. The molecule has 0 saturated heterocycles. The number of aromatic nitrogens is 2. The van der Waals surface area contributed by atoms with Crippen LogP contribution in [0.25, 0.3) is 0 Å². The van der Waals surface area contributed by atoms with Crippen molar-refractivity contribution in [2.24, 2.45) is 0 Å². The van der Waals surface area contributed by atoms with Gasteiger partial charge in [0.2, 0.25) is 11.8 Å². The van der Waals surface area contributed by atoms with Crippen LogP contribution in [0, 0.1) is 0 Å². The number of pyridine rings is 1. The summed E-state index contributed by atoms with van der Waals surface area (Å²) in [6, 6.07) is 7.49. The van der Waals surface area contributed by atoms with Gasteiger partial charge < -0.3 is 15.2 Å². The first-order valence-corrected chi connectivity index (χ1v) is 10.5. The molecule has 0 spiro atoms. The normalized spacial score (nSPS) is 19.3. The highest BCUT2D eigenvalue weighted by Gasteiger charge is 2.52. The van der Waals surface area contributed by atoms with Crippen LogP contribution in [-0.4, -0.2) is 34.0 Å². The van der Waals surface area contributed by atoms with Gasteiger partial charge in [0.05, 0.1) is 22.3 Å². The summed E-state index contributed by atoms with van der Waals surface area (Å²) in [6.07, 6.45) is 10.9. The number of nitrogens with one attached hydrogen (secondary N) is 2. The molecule has 7 nitrogen and oxygen atoms in total. The average molecular weight is 396 g/mol. The van der Waals surface area contributed by atoms with Crippen LogP contribution in [0.1, 0.15) is 62.8 Å². The zero-order valence-electron chi connectivity index (χ0n) is 16.7. The van der Waals surface area contributed by atoms with Crippen molar-refractivity contribution in [1.29, 1.82) is 0 Å². The van der Waals surface area contributed by atoms with Crippen LogP contribution in [-0.2, 0) is 21.4 Å². The van der Waals surface area contributed by atoms with Crippen LogP contribution in [0.15, 0.2) is 41.2 Å². The summed E-state index contributed by atoms with van der Waals surface area (Å²) in [4.78, 5) is 30.0. The largest absolute Gasteiger partial charge is 0.365 e. The van der Waals surface area contributed by atoms with Crippen LogP contribution < -0.4 is 10.6 Å². The number of carbonyl (C=O) groups excluding carboxylic acids is 2. The molecule has 2 fully saturated rings. The monoisotopic (exact) mass is 396 g/mol. The topological polar surface area (TPSA) is 97.1 Å². The van der Waals surface area contributed by atoms with Gasteiger partial charge in [0.25, 0.3) is 0 Å². The van der Waals surface area contributed by atoms with E-state index in [9.17, 15) is 9.59 Å². The number of hydrogen-bond acceptors (Lipinski definition) is 5. The van der Waals surface area contributed by atoms with Gasteiger partial charge in [-0.1, -0.05) is 30.5 Å². The Balaban J connectivity index is 1.36. The van der Waals surface area contributed by atoms with Crippen molar-refractivity contribution >= 4 is 11.8 Å². The second-order valence-corrected chi connectivity index (χ2v) is 8.36. The maximum absolute atomic E-state index is 13.0. The van der Waals surface area contributed by atoms with Crippen LogP contribution in [0.5, 0.6) is 0 Å². The average Bonchev–Trinajstić information content (AvgIpc) is 3.40. The lowest BCUT2D eigenvalue weighted by atomic mass is 9.81. The van der Waals surface area contributed by atoms with Crippen molar-refractivity contribution in [2.75, 3.05) is 6.54 Å². The smallest absolute Gasteiger partial charge is 0.232 e. The maximum atomic E-state index is 13.0. The lowest BCUT2D eigenvalue weighted by molar-refractivity contribution is -0.126. The Labute approximate surface area is 170 Å². The van der Waals surface area contributed by atoms with Crippen molar-refractivity contribution in [3.63, 3.8) is 0 Å². The van der Waals surface area contributed by atoms with Crippen molar-refractivity contribution in [3.05, 3.63) is 48.1 Å². The Morgan fingerprint density at radius 1 is 1.07 bits per heavy atom. The molecule has 2 aromatic heterocycles. The molecule has 2 aliphatic carbocycles. The Morgan fingerprint density at radius 3 is 2.55 bits per heavy atom. The summed E-state index contributed by atoms with van der Waals surface area (Å²) in [5.41, 5.74) is 0.757. The van der Waals surface area contributed by atoms with E-state index in [2.05, 4.69) is 20.8 Å². The van der Waals surface area contributed by atoms with Gasteiger partial charge >= 0.3 is 0 Å². The summed E-state index contributed by atoms with van der Waals surface area (Å²) in [6.45, 7) is 0.468. The number of amides is 2. The standard InChI is InChI=1S/C22H28N4O3/c27-19(8-7-17-9-15-29-26-17)25-21(10-3-1-4-11-21)16-24-20(28)22(12-13-22)18-6-2-5-14-23-18/h2,5-6,9,14-15H,1,3-4,7-8,10-13,16H2,(H,24,28)(H,25,27). The molecule has 2 N–H and O–H groups in total. The van der Waals surface area contributed by atoms with Gasteiger partial charge in [0, 0.05) is 31.6 Å². The van der Waals surface area contributed by atoms with E-state index in [1.807, 2.05) is 18.2 Å². The van der Waals surface area contributed by atoms with Gasteiger partial charge in [0.15, 0.2) is 0 Å². The van der Waals surface area contributed by atoms with E-state index in [4.69, 9.17) is 4.52 Å². The van der Waals surface area contributed by atoms with Crippen LogP contribution in [0.2, 0.25) is 0 Å². The summed E-state index contributed by atoms with van der Waals surface area (Å²) in [5.74, 6) is 0.0213. The molecule has 0 bridgehead atoms. The van der Waals surface area contributed by atoms with Crippen LogP contribution >= 0.6 is 0 Å². The summed E-state index contributed by atoms with van der Waals surface area (Å²) in [5, 5.41) is 10.2. The predicted molar refractivity (Wildman–Crippen MR) is 107 cm³/mol. The van der Waals surface area contributed by atoms with Crippen LogP contribution in [0.3, 0.4) is 0 Å². The molecule has 0 unspecified atom stereocenters. The molecule has 0 atom stereocenters. The number of carbonyl (C=O) groups is 2. The van der Waals surface area contributed by atoms with E-state index >= 15 is 0 Å². The second kappa shape index (κ2) is 8.35. The number of rotatable bonds is 8. The molecule has 4 rings (SSSR count). The van der Waals surface area contributed by atoms with E-state index in [1.54, 1.807) is 12.3 Å². The van der Waals surface area contributed by atoms with Gasteiger partial charge in [-0.2, -0.15) is 0 Å². The minimum Gasteiger partial charge on any atom is -0.365 e. The highest BCUT2D eigenvalue weighted by Crippen LogP contribution is 2.47. The van der Waals surface area contributed by atoms with Crippen molar-refractivity contribution in [2.45, 2.75) is 68.7 Å². The number of nitrogens with zero attached hydrogens (tertiary/aromatic N) is 2. The summed E-state index contributed by atoms with van der Waals surface area (Å²) < 4.78 is 4.82. The molecular formula is C22H28N4O3. The molecule has 2 saturated carbocycles. The quantitative estimate of drug-likeness (QED) is 0.715. The molecule has 0 aliphatic heterocycles. The molecule has 7 heteroatoms. The third kappa shape index (κ3) is 4.49. The van der Waals surface area contributed by atoms with Gasteiger partial charge in [0.1, 0.15) is 6.26 Å². The van der Waals surface area contributed by atoms with Crippen molar-refractivity contribution in [3.8, 4) is 0 Å². The Morgan fingerprint density at radius 2 is 1.90 bits per heavy atom. The molecule has 2 heterocycles. The Bertz CT molecular complexity index is 825. The minimum atomic E-state index is -0.492. The molecule has 0 aromatic carbocycles. The summed E-state index contributed by atoms with van der Waals surface area (Å²) >= 11 is 0. The second-order valence-electron chi connectivity index (χ2n) is 8.36. The van der Waals surface area contributed by atoms with E-state index in [1.165, 1.54) is 12.7 Å². The fourth-order valence-electron chi connectivity index (χ4n) is 4.33. The first-order valence-electron chi connectivity index (χ1n) is 10.5. The molecule has 154 valence electrons. The molecule has 2 aromatic rings. The number of hydrogen-bond donors (Lipinski definition) is 2. The first kappa shape index (κ1) is 19.6. The van der Waals surface area contributed by atoms with E-state index in [0.29, 0.717) is 19.4 Å². The van der Waals surface area contributed by atoms with Gasteiger partial charge in [-0.05, 0) is 37.8 Å². The zero-order chi connectivity index (χ0) is 20.2. The molecular weight excluding hydrogens is 368 g/mol. The zero-order valence-corrected chi connectivity index (χ0v) is 16.7. The Hall–Kier alpha value is -2.70. The van der Waals surface area contributed by atoms with E-state index in [-0.39, 0.29) is 17.4 Å². The van der Waals surface area contributed by atoms with Gasteiger partial charge in [-0.25, -0.2) is 0 Å². The van der Waals surface area contributed by atoms with Crippen molar-refractivity contribution < 1.29 is 14.1 Å². The lowest BCUT2D eigenvalue weighted by Gasteiger charge is -2.38. The van der Waals surface area contributed by atoms with Crippen LogP contribution in [0.4, 0.5) is 0 Å². The highest BCUT2D eigenvalue weighted by atomic mass is 16.5. The molecule has 2 amide bonds. The van der Waals surface area contributed by atoms with Gasteiger partial charge in [-0.3, -0.25) is 14.6 Å². The molecule has 29 heavy (non-hydrogen) atoms. The highest BCUT2D eigenvalue weighted by molar-refractivity contribution is 5.90. The fourth-order valence-corrected chi connectivity index (χ4v) is 4.33. The third-order valence-corrected chi connectivity index (χ3v) is 6.24. The first-order chi connectivity index (χ1) is 14.1. The molecule has 0 radical (unpaired) electrons.